The van der Waals surface area contributed by atoms with Crippen LogP contribution in [0.25, 0.3) is 0 Å². The molecule has 0 heterocycles. The standard InChI is InChI=1S/C21H36O3/c1-5-8-9-10-11-12-15-18-16-13-14-17-19(18)24-20(6-2)21(4,22)23-7-3/h13-14,16-17,20,22H,5-12,15H2,1-4H3. The van der Waals surface area contributed by atoms with Gasteiger partial charge in [0, 0.05) is 6.61 Å². The summed E-state index contributed by atoms with van der Waals surface area (Å²) in [5.74, 6) is -0.394. The van der Waals surface area contributed by atoms with Gasteiger partial charge in [-0.1, -0.05) is 64.2 Å². The number of para-hydroxylation sites is 1. The summed E-state index contributed by atoms with van der Waals surface area (Å²) in [6.07, 6.45) is 9.07. The highest BCUT2D eigenvalue weighted by molar-refractivity contribution is 5.33. The molecule has 3 nitrogen and oxygen atoms in total. The second-order valence-electron chi connectivity index (χ2n) is 6.63. The van der Waals surface area contributed by atoms with E-state index in [2.05, 4.69) is 19.1 Å². The Balaban J connectivity index is 2.61. The van der Waals surface area contributed by atoms with Crippen molar-refractivity contribution in [2.24, 2.45) is 0 Å². The van der Waals surface area contributed by atoms with Crippen molar-refractivity contribution in [1.29, 1.82) is 0 Å². The van der Waals surface area contributed by atoms with Crippen LogP contribution in [-0.4, -0.2) is 23.6 Å². The number of ether oxygens (including phenoxy) is 2. The Hall–Kier alpha value is -1.06. The van der Waals surface area contributed by atoms with Gasteiger partial charge in [0.15, 0.2) is 11.9 Å². The maximum atomic E-state index is 10.5. The van der Waals surface area contributed by atoms with Crippen molar-refractivity contribution in [3.63, 3.8) is 0 Å². The fourth-order valence-corrected chi connectivity index (χ4v) is 3.03. The molecule has 0 aromatic heterocycles. The zero-order valence-corrected chi connectivity index (χ0v) is 16.0. The molecule has 0 bridgehead atoms. The van der Waals surface area contributed by atoms with Crippen LogP contribution in [0, 0.1) is 0 Å². The molecule has 2 atom stereocenters. The van der Waals surface area contributed by atoms with Gasteiger partial charge in [-0.25, -0.2) is 0 Å². The van der Waals surface area contributed by atoms with Gasteiger partial charge in [-0.2, -0.15) is 0 Å². The van der Waals surface area contributed by atoms with E-state index in [1.807, 2.05) is 26.0 Å². The van der Waals surface area contributed by atoms with Gasteiger partial charge in [0.05, 0.1) is 0 Å². The van der Waals surface area contributed by atoms with Crippen LogP contribution >= 0.6 is 0 Å². The number of aryl methyl sites for hydroxylation is 1. The molecule has 24 heavy (non-hydrogen) atoms. The maximum absolute atomic E-state index is 10.5. The second-order valence-corrected chi connectivity index (χ2v) is 6.63. The third-order valence-electron chi connectivity index (χ3n) is 4.45. The molecule has 0 aliphatic rings. The van der Waals surface area contributed by atoms with Gasteiger partial charge in [-0.15, -0.1) is 0 Å². The van der Waals surface area contributed by atoms with Crippen LogP contribution in [0.2, 0.25) is 0 Å². The van der Waals surface area contributed by atoms with E-state index in [0.717, 1.165) is 12.2 Å². The van der Waals surface area contributed by atoms with Gasteiger partial charge in [-0.05, 0) is 44.7 Å². The largest absolute Gasteiger partial charge is 0.485 e. The number of aliphatic hydroxyl groups is 1. The molecule has 1 rings (SSSR count). The summed E-state index contributed by atoms with van der Waals surface area (Å²) in [7, 11) is 0. The highest BCUT2D eigenvalue weighted by Gasteiger charge is 2.33. The lowest BCUT2D eigenvalue weighted by atomic mass is 10.0. The average Bonchev–Trinajstić information content (AvgIpc) is 2.56. The number of hydrogen-bond acceptors (Lipinski definition) is 3. The van der Waals surface area contributed by atoms with E-state index in [4.69, 9.17) is 9.47 Å². The Labute approximate surface area is 148 Å². The predicted octanol–water partition coefficient (Wildman–Crippen LogP) is 5.49. The van der Waals surface area contributed by atoms with Crippen molar-refractivity contribution >= 4 is 0 Å². The Bertz CT molecular complexity index is 442. The van der Waals surface area contributed by atoms with Crippen molar-refractivity contribution in [1.82, 2.24) is 0 Å². The SMILES string of the molecule is CCCCCCCCc1ccccc1OC(CC)C(C)(O)OCC. The van der Waals surface area contributed by atoms with E-state index in [-0.39, 0.29) is 6.10 Å². The third-order valence-corrected chi connectivity index (χ3v) is 4.45. The first-order valence-electron chi connectivity index (χ1n) is 9.66. The minimum atomic E-state index is -1.27. The molecule has 0 saturated heterocycles. The van der Waals surface area contributed by atoms with Crippen LogP contribution in [-0.2, 0) is 11.2 Å². The van der Waals surface area contributed by atoms with Gasteiger partial charge < -0.3 is 14.6 Å². The highest BCUT2D eigenvalue weighted by atomic mass is 16.6. The topological polar surface area (TPSA) is 38.7 Å². The van der Waals surface area contributed by atoms with Crippen LogP contribution in [0.1, 0.15) is 78.2 Å². The van der Waals surface area contributed by atoms with Gasteiger partial charge in [0.2, 0.25) is 0 Å². The fraction of sp³-hybridized carbons (Fsp3) is 0.714. The number of unbranched alkanes of at least 4 members (excludes halogenated alkanes) is 5. The van der Waals surface area contributed by atoms with E-state index in [9.17, 15) is 5.11 Å². The Morgan fingerprint density at radius 1 is 1.00 bits per heavy atom. The first-order chi connectivity index (χ1) is 11.5. The molecule has 0 amide bonds. The summed E-state index contributed by atoms with van der Waals surface area (Å²) in [6, 6.07) is 8.17. The van der Waals surface area contributed by atoms with Gasteiger partial charge in [0.25, 0.3) is 0 Å². The molecule has 138 valence electrons. The van der Waals surface area contributed by atoms with Gasteiger partial charge >= 0.3 is 0 Å². The first-order valence-corrected chi connectivity index (χ1v) is 9.66. The van der Waals surface area contributed by atoms with E-state index in [0.29, 0.717) is 13.0 Å². The van der Waals surface area contributed by atoms with Crippen LogP contribution in [0.5, 0.6) is 5.75 Å². The predicted molar refractivity (Wildman–Crippen MR) is 100 cm³/mol. The molecule has 0 saturated carbocycles. The summed E-state index contributed by atoms with van der Waals surface area (Å²) in [5.41, 5.74) is 1.22. The molecule has 1 N–H and O–H groups in total. The summed E-state index contributed by atoms with van der Waals surface area (Å²) in [4.78, 5) is 0. The van der Waals surface area contributed by atoms with Crippen molar-refractivity contribution < 1.29 is 14.6 Å². The number of hydrogen-bond donors (Lipinski definition) is 1. The number of benzene rings is 1. The maximum Gasteiger partial charge on any atom is 0.200 e. The van der Waals surface area contributed by atoms with E-state index in [1.54, 1.807) is 6.92 Å². The zero-order chi connectivity index (χ0) is 17.8. The molecule has 2 unspecified atom stereocenters. The molecular weight excluding hydrogens is 300 g/mol. The monoisotopic (exact) mass is 336 g/mol. The minimum Gasteiger partial charge on any atom is -0.485 e. The lowest BCUT2D eigenvalue weighted by molar-refractivity contribution is -0.236. The zero-order valence-electron chi connectivity index (χ0n) is 16.0. The molecule has 3 heteroatoms. The third kappa shape index (κ3) is 7.23. The lowest BCUT2D eigenvalue weighted by Crippen LogP contribution is -2.45. The quantitative estimate of drug-likeness (QED) is 0.382. The second kappa shape index (κ2) is 11.5. The van der Waals surface area contributed by atoms with Gasteiger partial charge in [0.1, 0.15) is 5.75 Å². The summed E-state index contributed by atoms with van der Waals surface area (Å²) in [6.45, 7) is 8.28. The smallest absolute Gasteiger partial charge is 0.200 e. The summed E-state index contributed by atoms with van der Waals surface area (Å²) in [5, 5.41) is 10.5. The summed E-state index contributed by atoms with van der Waals surface area (Å²) < 4.78 is 11.6. The molecular formula is C21H36O3. The normalized spacial score (nSPS) is 15.0. The first kappa shape index (κ1) is 21.0. The molecule has 1 aromatic carbocycles. The van der Waals surface area contributed by atoms with Crippen LogP contribution in [0.3, 0.4) is 0 Å². The number of rotatable bonds is 13. The van der Waals surface area contributed by atoms with Crippen LogP contribution < -0.4 is 4.74 Å². The molecule has 0 radical (unpaired) electrons. The Morgan fingerprint density at radius 2 is 1.67 bits per heavy atom. The molecule has 0 spiro atoms. The van der Waals surface area contributed by atoms with Crippen molar-refractivity contribution in [2.75, 3.05) is 6.61 Å². The summed E-state index contributed by atoms with van der Waals surface area (Å²) >= 11 is 0. The van der Waals surface area contributed by atoms with Gasteiger partial charge in [-0.3, -0.25) is 0 Å². The lowest BCUT2D eigenvalue weighted by Gasteiger charge is -2.32. The molecule has 0 fully saturated rings. The molecule has 1 aromatic rings. The van der Waals surface area contributed by atoms with Crippen molar-refractivity contribution in [2.45, 2.75) is 91.0 Å². The van der Waals surface area contributed by atoms with Crippen LogP contribution in [0.4, 0.5) is 0 Å². The van der Waals surface area contributed by atoms with E-state index < -0.39 is 5.79 Å². The molecule has 0 aliphatic heterocycles. The highest BCUT2D eigenvalue weighted by Crippen LogP contribution is 2.26. The van der Waals surface area contributed by atoms with Crippen molar-refractivity contribution in [3.05, 3.63) is 29.8 Å². The minimum absolute atomic E-state index is 0.372. The van der Waals surface area contributed by atoms with Crippen molar-refractivity contribution in [3.8, 4) is 5.75 Å². The van der Waals surface area contributed by atoms with E-state index in [1.165, 1.54) is 44.1 Å². The Kier molecular flexibility index (Phi) is 10.0. The average molecular weight is 337 g/mol. The van der Waals surface area contributed by atoms with E-state index >= 15 is 0 Å². The fourth-order valence-electron chi connectivity index (χ4n) is 3.03. The van der Waals surface area contributed by atoms with Crippen LogP contribution in [0.15, 0.2) is 24.3 Å². The molecule has 0 aliphatic carbocycles. The Morgan fingerprint density at radius 3 is 2.33 bits per heavy atom.